The molecule has 1 aromatic rings. The van der Waals surface area contributed by atoms with Crippen molar-refractivity contribution in [1.29, 1.82) is 5.26 Å². The lowest BCUT2D eigenvalue weighted by Gasteiger charge is -2.12. The summed E-state index contributed by atoms with van der Waals surface area (Å²) < 4.78 is 33.7. The summed E-state index contributed by atoms with van der Waals surface area (Å²) in [5, 5.41) is 9.29. The van der Waals surface area contributed by atoms with E-state index >= 15 is 0 Å². The Morgan fingerprint density at radius 3 is 2.65 bits per heavy atom. The van der Waals surface area contributed by atoms with Crippen molar-refractivity contribution < 1.29 is 23.0 Å². The Morgan fingerprint density at radius 2 is 2.15 bits per heavy atom. The molecule has 108 valence electrons. The fourth-order valence-electron chi connectivity index (χ4n) is 1.60. The summed E-state index contributed by atoms with van der Waals surface area (Å²) in [6, 6.07) is 4.55. The standard InChI is InChI=1S/C13H12BrF2NO3/c1-2-19-12(18)5-8-3-9(6-14)11(20-13(15)16)4-10(8)7-17/h3-4,13H,2,5-6H2,1H3. The van der Waals surface area contributed by atoms with E-state index in [1.807, 2.05) is 6.07 Å². The van der Waals surface area contributed by atoms with E-state index in [0.29, 0.717) is 11.1 Å². The minimum atomic E-state index is -2.98. The quantitative estimate of drug-likeness (QED) is 0.585. The van der Waals surface area contributed by atoms with E-state index < -0.39 is 12.6 Å². The predicted octanol–water partition coefficient (Wildman–Crippen LogP) is 3.16. The molecular weight excluding hydrogens is 336 g/mol. The summed E-state index contributed by atoms with van der Waals surface area (Å²) >= 11 is 3.15. The van der Waals surface area contributed by atoms with Gasteiger partial charge < -0.3 is 9.47 Å². The second-order valence-electron chi connectivity index (χ2n) is 3.72. The van der Waals surface area contributed by atoms with Crippen molar-refractivity contribution in [2.75, 3.05) is 6.61 Å². The van der Waals surface area contributed by atoms with Gasteiger partial charge in [-0.1, -0.05) is 15.9 Å². The third kappa shape index (κ3) is 4.46. The van der Waals surface area contributed by atoms with Crippen LogP contribution in [0.5, 0.6) is 5.75 Å². The minimum Gasteiger partial charge on any atom is -0.466 e. The molecule has 0 heterocycles. The van der Waals surface area contributed by atoms with Crippen LogP contribution in [0.1, 0.15) is 23.6 Å². The number of nitrogens with zero attached hydrogens (tertiary/aromatic N) is 1. The lowest BCUT2D eigenvalue weighted by molar-refractivity contribution is -0.142. The smallest absolute Gasteiger partial charge is 0.387 e. The summed E-state index contributed by atoms with van der Waals surface area (Å²) in [7, 11) is 0. The van der Waals surface area contributed by atoms with Gasteiger partial charge in [0, 0.05) is 10.9 Å². The minimum absolute atomic E-state index is 0.0824. The zero-order valence-corrected chi connectivity index (χ0v) is 12.2. The first-order chi connectivity index (χ1) is 9.51. The van der Waals surface area contributed by atoms with Crippen molar-refractivity contribution in [3.63, 3.8) is 0 Å². The number of carbonyl (C=O) groups excluding carboxylic acids is 1. The van der Waals surface area contributed by atoms with Gasteiger partial charge in [0.1, 0.15) is 5.75 Å². The number of benzene rings is 1. The van der Waals surface area contributed by atoms with Gasteiger partial charge >= 0.3 is 12.6 Å². The molecule has 1 rings (SSSR count). The number of hydrogen-bond donors (Lipinski definition) is 0. The Morgan fingerprint density at radius 1 is 1.45 bits per heavy atom. The maximum Gasteiger partial charge on any atom is 0.387 e. The highest BCUT2D eigenvalue weighted by atomic mass is 79.9. The molecule has 0 aliphatic carbocycles. The first kappa shape index (κ1) is 16.4. The maximum absolute atomic E-state index is 12.3. The molecule has 0 bridgehead atoms. The number of carbonyl (C=O) groups is 1. The molecule has 0 spiro atoms. The fourth-order valence-corrected chi connectivity index (χ4v) is 2.04. The van der Waals surface area contributed by atoms with Crippen molar-refractivity contribution in [2.45, 2.75) is 25.3 Å². The van der Waals surface area contributed by atoms with E-state index in [4.69, 9.17) is 10.00 Å². The number of esters is 1. The summed E-state index contributed by atoms with van der Waals surface area (Å²) in [5.74, 6) is -0.562. The van der Waals surface area contributed by atoms with Crippen LogP contribution in [-0.4, -0.2) is 19.2 Å². The van der Waals surface area contributed by atoms with E-state index in [9.17, 15) is 13.6 Å². The lowest BCUT2D eigenvalue weighted by Crippen LogP contribution is -2.10. The van der Waals surface area contributed by atoms with Crippen LogP contribution in [0, 0.1) is 11.3 Å². The number of rotatable bonds is 6. The topological polar surface area (TPSA) is 59.3 Å². The van der Waals surface area contributed by atoms with E-state index in [1.165, 1.54) is 12.1 Å². The molecule has 0 saturated carbocycles. The highest BCUT2D eigenvalue weighted by Crippen LogP contribution is 2.27. The SMILES string of the molecule is CCOC(=O)Cc1cc(CBr)c(OC(F)F)cc1C#N. The molecule has 0 unspecified atom stereocenters. The van der Waals surface area contributed by atoms with Crippen molar-refractivity contribution >= 4 is 21.9 Å². The first-order valence-electron chi connectivity index (χ1n) is 5.74. The molecule has 1 aromatic carbocycles. The summed E-state index contributed by atoms with van der Waals surface area (Å²) in [5.41, 5.74) is 0.962. The zero-order valence-electron chi connectivity index (χ0n) is 10.7. The number of nitriles is 1. The van der Waals surface area contributed by atoms with E-state index in [0.717, 1.165) is 0 Å². The Balaban J connectivity index is 3.12. The van der Waals surface area contributed by atoms with Crippen molar-refractivity contribution in [1.82, 2.24) is 0 Å². The van der Waals surface area contributed by atoms with Gasteiger partial charge in [-0.25, -0.2) is 0 Å². The fraction of sp³-hybridized carbons (Fsp3) is 0.385. The summed E-state index contributed by atoms with van der Waals surface area (Å²) in [4.78, 5) is 11.4. The van der Waals surface area contributed by atoms with E-state index in [2.05, 4.69) is 20.7 Å². The average molecular weight is 348 g/mol. The van der Waals surface area contributed by atoms with Gasteiger partial charge in [-0.2, -0.15) is 14.0 Å². The van der Waals surface area contributed by atoms with Crippen LogP contribution in [0.2, 0.25) is 0 Å². The van der Waals surface area contributed by atoms with E-state index in [1.54, 1.807) is 6.92 Å². The second-order valence-corrected chi connectivity index (χ2v) is 4.28. The van der Waals surface area contributed by atoms with Crippen LogP contribution in [0.15, 0.2) is 12.1 Å². The largest absolute Gasteiger partial charge is 0.466 e. The number of halogens is 3. The zero-order chi connectivity index (χ0) is 15.1. The van der Waals surface area contributed by atoms with Crippen LogP contribution in [0.4, 0.5) is 8.78 Å². The molecule has 0 saturated heterocycles. The van der Waals surface area contributed by atoms with Gasteiger partial charge in [0.2, 0.25) is 0 Å². The van der Waals surface area contributed by atoms with Crippen LogP contribution in [0.3, 0.4) is 0 Å². The van der Waals surface area contributed by atoms with Crippen molar-refractivity contribution in [3.05, 3.63) is 28.8 Å². The molecule has 7 heteroatoms. The Bertz CT molecular complexity index is 529. The lowest BCUT2D eigenvalue weighted by atomic mass is 10.0. The van der Waals surface area contributed by atoms with Gasteiger partial charge in [0.15, 0.2) is 0 Å². The molecule has 0 radical (unpaired) electrons. The van der Waals surface area contributed by atoms with E-state index in [-0.39, 0.29) is 29.7 Å². The monoisotopic (exact) mass is 347 g/mol. The Labute approximate surface area is 123 Å². The molecule has 0 atom stereocenters. The van der Waals surface area contributed by atoms with Crippen molar-refractivity contribution in [2.24, 2.45) is 0 Å². The second kappa shape index (κ2) is 7.80. The molecular formula is C13H12BrF2NO3. The first-order valence-corrected chi connectivity index (χ1v) is 6.86. The third-order valence-corrected chi connectivity index (χ3v) is 3.01. The molecule has 0 N–H and O–H groups in total. The molecule has 0 fully saturated rings. The molecule has 0 aliphatic rings. The number of hydrogen-bond acceptors (Lipinski definition) is 4. The van der Waals surface area contributed by atoms with Crippen LogP contribution >= 0.6 is 15.9 Å². The molecule has 0 amide bonds. The Kier molecular flexibility index (Phi) is 6.39. The van der Waals surface area contributed by atoms with Crippen LogP contribution in [0.25, 0.3) is 0 Å². The number of alkyl halides is 3. The van der Waals surface area contributed by atoms with Crippen LogP contribution in [-0.2, 0) is 21.3 Å². The van der Waals surface area contributed by atoms with Crippen molar-refractivity contribution in [3.8, 4) is 11.8 Å². The highest BCUT2D eigenvalue weighted by Gasteiger charge is 2.16. The predicted molar refractivity (Wildman–Crippen MR) is 70.8 cm³/mol. The molecule has 4 nitrogen and oxygen atoms in total. The molecule has 20 heavy (non-hydrogen) atoms. The number of ether oxygens (including phenoxy) is 2. The third-order valence-electron chi connectivity index (χ3n) is 2.41. The van der Waals surface area contributed by atoms with Crippen LogP contribution < -0.4 is 4.74 Å². The summed E-state index contributed by atoms with van der Waals surface area (Å²) in [6.45, 7) is -1.07. The normalized spacial score (nSPS) is 10.2. The van der Waals surface area contributed by atoms with Gasteiger partial charge in [0.25, 0.3) is 0 Å². The highest BCUT2D eigenvalue weighted by molar-refractivity contribution is 9.08. The van der Waals surface area contributed by atoms with Gasteiger partial charge in [-0.3, -0.25) is 4.79 Å². The Hall–Kier alpha value is -1.68. The van der Waals surface area contributed by atoms with Gasteiger partial charge in [0.05, 0.1) is 24.7 Å². The molecule has 0 aliphatic heterocycles. The summed E-state index contributed by atoms with van der Waals surface area (Å²) in [6.07, 6.45) is -0.0916. The molecule has 0 aromatic heterocycles. The van der Waals surface area contributed by atoms with Gasteiger partial charge in [-0.05, 0) is 24.6 Å². The van der Waals surface area contributed by atoms with Gasteiger partial charge in [-0.15, -0.1) is 0 Å². The average Bonchev–Trinajstić information content (AvgIpc) is 2.39. The maximum atomic E-state index is 12.3.